The van der Waals surface area contributed by atoms with Gasteiger partial charge < -0.3 is 10.6 Å². The maximum Gasteiger partial charge on any atom is 0.229 e. The molecule has 0 saturated heterocycles. The molecule has 2 N–H and O–H groups in total. The highest BCUT2D eigenvalue weighted by atomic mass is 35.5. The van der Waals surface area contributed by atoms with E-state index in [4.69, 9.17) is 11.6 Å². The van der Waals surface area contributed by atoms with E-state index in [0.29, 0.717) is 28.8 Å². The molecule has 6 heteroatoms. The van der Waals surface area contributed by atoms with Crippen LogP contribution in [0.1, 0.15) is 35.0 Å². The first kappa shape index (κ1) is 18.4. The van der Waals surface area contributed by atoms with E-state index in [0.717, 1.165) is 23.5 Å². The minimum absolute atomic E-state index is 0.0846. The van der Waals surface area contributed by atoms with Gasteiger partial charge in [0, 0.05) is 22.8 Å². The minimum Gasteiger partial charge on any atom is -0.339 e. The van der Waals surface area contributed by atoms with Gasteiger partial charge in [-0.15, -0.1) is 0 Å². The molecule has 4 rings (SSSR count). The summed E-state index contributed by atoms with van der Waals surface area (Å²) in [7, 11) is 0. The van der Waals surface area contributed by atoms with Gasteiger partial charge in [-0.3, -0.25) is 4.79 Å². The Labute approximate surface area is 169 Å². The van der Waals surface area contributed by atoms with Gasteiger partial charge >= 0.3 is 0 Å². The fourth-order valence-corrected chi connectivity index (χ4v) is 3.48. The van der Waals surface area contributed by atoms with Crippen LogP contribution in [0, 0.1) is 12.8 Å². The summed E-state index contributed by atoms with van der Waals surface area (Å²) in [5.74, 6) is 1.35. The Balaban J connectivity index is 1.73. The Kier molecular flexibility index (Phi) is 5.01. The van der Waals surface area contributed by atoms with Gasteiger partial charge in [-0.1, -0.05) is 36.2 Å². The molecule has 0 saturated carbocycles. The molecule has 1 atom stereocenters. The Bertz CT molecular complexity index is 1020. The summed E-state index contributed by atoms with van der Waals surface area (Å²) in [5.41, 5.74) is 4.27. The number of aryl methyl sites for hydroxylation is 1. The van der Waals surface area contributed by atoms with Crippen molar-refractivity contribution in [3.63, 3.8) is 0 Å². The quantitative estimate of drug-likeness (QED) is 0.596. The van der Waals surface area contributed by atoms with Crippen LogP contribution in [0.5, 0.6) is 0 Å². The fourth-order valence-electron chi connectivity index (χ4n) is 3.35. The van der Waals surface area contributed by atoms with Crippen LogP contribution in [-0.2, 0) is 6.42 Å². The number of anilines is 4. The zero-order chi connectivity index (χ0) is 19.7. The number of nitrogens with zero attached hydrogens (tertiary/aromatic N) is 2. The molecule has 0 bridgehead atoms. The zero-order valence-corrected chi connectivity index (χ0v) is 16.5. The van der Waals surface area contributed by atoms with Crippen LogP contribution in [0.4, 0.5) is 23.1 Å². The summed E-state index contributed by atoms with van der Waals surface area (Å²) < 4.78 is 0. The van der Waals surface area contributed by atoms with Gasteiger partial charge in [-0.2, -0.15) is 4.98 Å². The van der Waals surface area contributed by atoms with E-state index in [-0.39, 0.29) is 11.7 Å². The van der Waals surface area contributed by atoms with Crippen molar-refractivity contribution in [1.29, 1.82) is 0 Å². The molecule has 0 radical (unpaired) electrons. The maximum absolute atomic E-state index is 12.7. The van der Waals surface area contributed by atoms with Crippen molar-refractivity contribution in [3.05, 3.63) is 70.4 Å². The Morgan fingerprint density at radius 3 is 2.29 bits per heavy atom. The number of fused-ring (bicyclic) bond motifs is 1. The smallest absolute Gasteiger partial charge is 0.229 e. The SMILES string of the molecule is Cc1ccc(Nc2nc(Nc3ccc(Cl)cc3)nc3c2C(=O)CC(C)C3)cc1. The van der Waals surface area contributed by atoms with E-state index in [9.17, 15) is 4.79 Å². The molecule has 5 nitrogen and oxygen atoms in total. The zero-order valence-electron chi connectivity index (χ0n) is 15.8. The molecule has 28 heavy (non-hydrogen) atoms. The van der Waals surface area contributed by atoms with E-state index in [1.807, 2.05) is 43.3 Å². The first-order valence-corrected chi connectivity index (χ1v) is 9.66. The van der Waals surface area contributed by atoms with Gasteiger partial charge in [0.25, 0.3) is 0 Å². The molecule has 3 aromatic rings. The first-order valence-electron chi connectivity index (χ1n) is 9.28. The van der Waals surface area contributed by atoms with Crippen LogP contribution >= 0.6 is 11.6 Å². The Hall–Kier alpha value is -2.92. The summed E-state index contributed by atoms with van der Waals surface area (Å²) in [6.07, 6.45) is 1.27. The lowest BCUT2D eigenvalue weighted by molar-refractivity contribution is 0.0953. The van der Waals surface area contributed by atoms with E-state index in [1.165, 1.54) is 5.56 Å². The van der Waals surface area contributed by atoms with Crippen molar-refractivity contribution < 1.29 is 4.79 Å². The molecule has 0 amide bonds. The van der Waals surface area contributed by atoms with Crippen LogP contribution < -0.4 is 10.6 Å². The van der Waals surface area contributed by atoms with Gasteiger partial charge in [-0.25, -0.2) is 4.98 Å². The number of rotatable bonds is 4. The molecule has 0 aliphatic heterocycles. The molecule has 1 aliphatic carbocycles. The first-order chi connectivity index (χ1) is 13.5. The number of ketones is 1. The molecule has 0 fully saturated rings. The number of carbonyl (C=O) groups is 1. The molecule has 1 heterocycles. The summed E-state index contributed by atoms with van der Waals surface area (Å²) in [6.45, 7) is 4.11. The number of carbonyl (C=O) groups excluding carboxylic acids is 1. The number of hydrogen-bond acceptors (Lipinski definition) is 5. The second-order valence-corrected chi connectivity index (χ2v) is 7.71. The normalized spacial score (nSPS) is 15.8. The third-order valence-electron chi connectivity index (χ3n) is 4.75. The predicted octanol–water partition coefficient (Wildman–Crippen LogP) is 5.69. The monoisotopic (exact) mass is 392 g/mol. The number of Topliss-reactive ketones (excluding diaryl/α,β-unsaturated/α-hetero) is 1. The lowest BCUT2D eigenvalue weighted by Crippen LogP contribution is -2.22. The number of halogens is 1. The highest BCUT2D eigenvalue weighted by Gasteiger charge is 2.28. The summed E-state index contributed by atoms with van der Waals surface area (Å²) in [5, 5.41) is 7.19. The number of nitrogens with one attached hydrogen (secondary N) is 2. The van der Waals surface area contributed by atoms with Crippen LogP contribution in [-0.4, -0.2) is 15.8 Å². The molecule has 1 aliphatic rings. The second kappa shape index (κ2) is 7.60. The van der Waals surface area contributed by atoms with Crippen molar-refractivity contribution in [2.45, 2.75) is 26.7 Å². The van der Waals surface area contributed by atoms with Gasteiger partial charge in [0.2, 0.25) is 5.95 Å². The lowest BCUT2D eigenvalue weighted by atomic mass is 9.87. The van der Waals surface area contributed by atoms with E-state index >= 15 is 0 Å². The molecule has 1 unspecified atom stereocenters. The summed E-state index contributed by atoms with van der Waals surface area (Å²) >= 11 is 5.96. The minimum atomic E-state index is 0.0846. The van der Waals surface area contributed by atoms with Gasteiger partial charge in [0.1, 0.15) is 5.82 Å². The van der Waals surface area contributed by atoms with Crippen molar-refractivity contribution in [2.75, 3.05) is 10.6 Å². The summed E-state index contributed by atoms with van der Waals surface area (Å²) in [6, 6.07) is 15.3. The van der Waals surface area contributed by atoms with E-state index < -0.39 is 0 Å². The fraction of sp³-hybridized carbons (Fsp3) is 0.227. The van der Waals surface area contributed by atoms with Crippen molar-refractivity contribution in [2.24, 2.45) is 5.92 Å². The van der Waals surface area contributed by atoms with Gasteiger partial charge in [0.05, 0.1) is 11.3 Å². The number of aromatic nitrogens is 2. The topological polar surface area (TPSA) is 66.9 Å². The average molecular weight is 393 g/mol. The largest absolute Gasteiger partial charge is 0.339 e. The average Bonchev–Trinajstić information content (AvgIpc) is 2.65. The van der Waals surface area contributed by atoms with Gasteiger partial charge in [0.15, 0.2) is 5.78 Å². The molecule has 2 aromatic carbocycles. The molecule has 1 aromatic heterocycles. The van der Waals surface area contributed by atoms with Crippen molar-refractivity contribution >= 4 is 40.5 Å². The Morgan fingerprint density at radius 1 is 0.929 bits per heavy atom. The number of benzene rings is 2. The van der Waals surface area contributed by atoms with Gasteiger partial charge in [-0.05, 0) is 55.7 Å². The van der Waals surface area contributed by atoms with E-state index in [2.05, 4.69) is 27.5 Å². The van der Waals surface area contributed by atoms with E-state index in [1.54, 1.807) is 12.1 Å². The summed E-state index contributed by atoms with van der Waals surface area (Å²) in [4.78, 5) is 22.0. The highest BCUT2D eigenvalue weighted by Crippen LogP contribution is 2.32. The van der Waals surface area contributed by atoms with Crippen molar-refractivity contribution in [1.82, 2.24) is 9.97 Å². The van der Waals surface area contributed by atoms with Crippen LogP contribution in [0.2, 0.25) is 5.02 Å². The molecular weight excluding hydrogens is 372 g/mol. The maximum atomic E-state index is 12.7. The third kappa shape index (κ3) is 3.99. The molecular formula is C22H21ClN4O. The van der Waals surface area contributed by atoms with Crippen LogP contribution in [0.3, 0.4) is 0 Å². The number of hydrogen-bond donors (Lipinski definition) is 2. The lowest BCUT2D eigenvalue weighted by Gasteiger charge is -2.23. The third-order valence-corrected chi connectivity index (χ3v) is 5.01. The molecule has 142 valence electrons. The van der Waals surface area contributed by atoms with Crippen LogP contribution in [0.15, 0.2) is 48.5 Å². The van der Waals surface area contributed by atoms with Crippen LogP contribution in [0.25, 0.3) is 0 Å². The Morgan fingerprint density at radius 2 is 1.57 bits per heavy atom. The van der Waals surface area contributed by atoms with Crippen molar-refractivity contribution in [3.8, 4) is 0 Å². The predicted molar refractivity (Wildman–Crippen MR) is 113 cm³/mol. The highest BCUT2D eigenvalue weighted by molar-refractivity contribution is 6.30. The second-order valence-electron chi connectivity index (χ2n) is 7.28. The standard InChI is InChI=1S/C22H21ClN4O/c1-13-3-7-16(8-4-13)24-21-20-18(11-14(2)12-19(20)28)26-22(27-21)25-17-9-5-15(23)6-10-17/h3-10,14H,11-12H2,1-2H3,(H2,24,25,26,27). The molecule has 0 spiro atoms.